The normalized spacial score (nSPS) is 12.2. The van der Waals surface area contributed by atoms with Gasteiger partial charge in [-0.05, 0) is 39.0 Å². The van der Waals surface area contributed by atoms with E-state index in [4.69, 9.17) is 22.4 Å². The number of furan rings is 1. The van der Waals surface area contributed by atoms with Crippen LogP contribution >= 0.6 is 12.2 Å². The van der Waals surface area contributed by atoms with Crippen LogP contribution in [0.3, 0.4) is 0 Å². The molecule has 1 unspecified atom stereocenters. The van der Waals surface area contributed by atoms with Crippen LogP contribution < -0.4 is 11.1 Å². The van der Waals surface area contributed by atoms with Crippen molar-refractivity contribution in [2.24, 2.45) is 5.73 Å². The summed E-state index contributed by atoms with van der Waals surface area (Å²) in [7, 11) is 0. The highest BCUT2D eigenvalue weighted by molar-refractivity contribution is 7.80. The SMILES string of the molecule is Cc1cc(C(C)Nc2c(F)cc(C(N)=S)cc2F)c(C)o1. The van der Waals surface area contributed by atoms with Crippen molar-refractivity contribution in [1.29, 1.82) is 0 Å². The van der Waals surface area contributed by atoms with Gasteiger partial charge in [0.1, 0.15) is 33.8 Å². The highest BCUT2D eigenvalue weighted by atomic mass is 32.1. The Morgan fingerprint density at radius 3 is 2.24 bits per heavy atom. The number of rotatable bonds is 4. The second-order valence-electron chi connectivity index (χ2n) is 4.91. The second kappa shape index (κ2) is 5.81. The largest absolute Gasteiger partial charge is 0.466 e. The third kappa shape index (κ3) is 3.21. The molecule has 6 heteroatoms. The number of benzene rings is 1. The third-order valence-corrected chi connectivity index (χ3v) is 3.47. The van der Waals surface area contributed by atoms with Crippen LogP contribution in [0.5, 0.6) is 0 Å². The zero-order chi connectivity index (χ0) is 15.7. The number of anilines is 1. The predicted molar refractivity (Wildman–Crippen MR) is 82.5 cm³/mol. The van der Waals surface area contributed by atoms with Crippen LogP contribution in [-0.4, -0.2) is 4.99 Å². The van der Waals surface area contributed by atoms with Crippen molar-refractivity contribution in [3.63, 3.8) is 0 Å². The number of hydrogen-bond donors (Lipinski definition) is 2. The molecule has 1 heterocycles. The summed E-state index contributed by atoms with van der Waals surface area (Å²) in [5.74, 6) is -0.000894. The smallest absolute Gasteiger partial charge is 0.150 e. The summed E-state index contributed by atoms with van der Waals surface area (Å²) >= 11 is 4.72. The molecule has 0 aliphatic rings. The van der Waals surface area contributed by atoms with Gasteiger partial charge >= 0.3 is 0 Å². The molecular weight excluding hydrogens is 294 g/mol. The quantitative estimate of drug-likeness (QED) is 0.839. The summed E-state index contributed by atoms with van der Waals surface area (Å²) in [5.41, 5.74) is 6.19. The van der Waals surface area contributed by atoms with Gasteiger partial charge in [-0.2, -0.15) is 0 Å². The molecule has 1 aromatic heterocycles. The Bertz CT molecular complexity index is 674. The maximum absolute atomic E-state index is 14.0. The molecule has 0 aliphatic carbocycles. The van der Waals surface area contributed by atoms with Gasteiger partial charge in [0.25, 0.3) is 0 Å². The molecule has 0 saturated carbocycles. The first-order chi connectivity index (χ1) is 9.79. The first kappa shape index (κ1) is 15.4. The van der Waals surface area contributed by atoms with E-state index in [-0.39, 0.29) is 22.3 Å². The third-order valence-electron chi connectivity index (χ3n) is 3.23. The van der Waals surface area contributed by atoms with E-state index in [1.807, 2.05) is 19.9 Å². The molecule has 2 aromatic rings. The van der Waals surface area contributed by atoms with E-state index in [0.29, 0.717) is 5.76 Å². The van der Waals surface area contributed by atoms with Gasteiger partial charge in [-0.3, -0.25) is 0 Å². The predicted octanol–water partition coefficient (Wildman–Crippen LogP) is 3.98. The maximum Gasteiger partial charge on any atom is 0.150 e. The van der Waals surface area contributed by atoms with Crippen LogP contribution in [0.4, 0.5) is 14.5 Å². The molecule has 1 aromatic carbocycles. The Morgan fingerprint density at radius 1 is 1.24 bits per heavy atom. The van der Waals surface area contributed by atoms with E-state index in [2.05, 4.69) is 5.32 Å². The maximum atomic E-state index is 14.0. The Morgan fingerprint density at radius 2 is 1.81 bits per heavy atom. The minimum atomic E-state index is -0.734. The molecule has 0 spiro atoms. The molecule has 0 saturated heterocycles. The molecule has 0 radical (unpaired) electrons. The van der Waals surface area contributed by atoms with E-state index in [9.17, 15) is 8.78 Å². The first-order valence-electron chi connectivity index (χ1n) is 6.42. The summed E-state index contributed by atoms with van der Waals surface area (Å²) < 4.78 is 33.4. The topological polar surface area (TPSA) is 51.2 Å². The van der Waals surface area contributed by atoms with Gasteiger partial charge < -0.3 is 15.5 Å². The van der Waals surface area contributed by atoms with Crippen molar-refractivity contribution in [3.05, 3.63) is 52.5 Å². The van der Waals surface area contributed by atoms with Crippen molar-refractivity contribution in [3.8, 4) is 0 Å². The summed E-state index contributed by atoms with van der Waals surface area (Å²) in [4.78, 5) is -0.0475. The first-order valence-corrected chi connectivity index (χ1v) is 6.82. The number of hydrogen-bond acceptors (Lipinski definition) is 3. The van der Waals surface area contributed by atoms with Crippen LogP contribution in [0.2, 0.25) is 0 Å². The van der Waals surface area contributed by atoms with Gasteiger partial charge in [-0.25, -0.2) is 8.78 Å². The standard InChI is InChI=1S/C15H16F2N2OS/c1-7-4-11(9(3)20-7)8(2)19-14-12(16)5-10(15(18)21)6-13(14)17/h4-6,8,19H,1-3H3,(H2,18,21). The summed E-state index contributed by atoms with van der Waals surface area (Å²) in [6.07, 6.45) is 0. The van der Waals surface area contributed by atoms with Crippen LogP contribution in [0.1, 0.15) is 35.6 Å². The monoisotopic (exact) mass is 310 g/mol. The zero-order valence-electron chi connectivity index (χ0n) is 12.0. The van der Waals surface area contributed by atoms with Gasteiger partial charge in [-0.15, -0.1) is 0 Å². The Balaban J connectivity index is 2.31. The number of nitrogens with two attached hydrogens (primary N) is 1. The molecular formula is C15H16F2N2OS. The molecule has 21 heavy (non-hydrogen) atoms. The van der Waals surface area contributed by atoms with Crippen molar-refractivity contribution in [1.82, 2.24) is 0 Å². The summed E-state index contributed by atoms with van der Waals surface area (Å²) in [6.45, 7) is 5.43. The highest BCUT2D eigenvalue weighted by Crippen LogP contribution is 2.28. The van der Waals surface area contributed by atoms with Crippen LogP contribution in [0.15, 0.2) is 22.6 Å². The lowest BCUT2D eigenvalue weighted by Gasteiger charge is -2.16. The lowest BCUT2D eigenvalue weighted by atomic mass is 10.1. The van der Waals surface area contributed by atoms with E-state index in [0.717, 1.165) is 23.5 Å². The van der Waals surface area contributed by atoms with E-state index in [1.54, 1.807) is 6.92 Å². The molecule has 0 bridgehead atoms. The molecule has 0 aliphatic heterocycles. The van der Waals surface area contributed by atoms with Gasteiger partial charge in [0.15, 0.2) is 0 Å². The molecule has 0 fully saturated rings. The van der Waals surface area contributed by atoms with E-state index in [1.165, 1.54) is 0 Å². The highest BCUT2D eigenvalue weighted by Gasteiger charge is 2.18. The van der Waals surface area contributed by atoms with Gasteiger partial charge in [0, 0.05) is 11.1 Å². The molecule has 0 amide bonds. The molecule has 3 N–H and O–H groups in total. The van der Waals surface area contributed by atoms with Crippen LogP contribution in [0, 0.1) is 25.5 Å². The van der Waals surface area contributed by atoms with Crippen molar-refractivity contribution < 1.29 is 13.2 Å². The Kier molecular flexibility index (Phi) is 4.27. The fourth-order valence-electron chi connectivity index (χ4n) is 2.23. The second-order valence-corrected chi connectivity index (χ2v) is 5.35. The van der Waals surface area contributed by atoms with Crippen molar-refractivity contribution in [2.75, 3.05) is 5.32 Å². The summed E-state index contributed by atoms with van der Waals surface area (Å²) in [6, 6.07) is 3.77. The minimum Gasteiger partial charge on any atom is -0.466 e. The molecule has 112 valence electrons. The fraction of sp³-hybridized carbons (Fsp3) is 0.267. The zero-order valence-corrected chi connectivity index (χ0v) is 12.8. The van der Waals surface area contributed by atoms with Gasteiger partial charge in [0.05, 0.1) is 6.04 Å². The van der Waals surface area contributed by atoms with E-state index < -0.39 is 11.6 Å². The Hall–Kier alpha value is -1.95. The van der Waals surface area contributed by atoms with Crippen molar-refractivity contribution in [2.45, 2.75) is 26.8 Å². The van der Waals surface area contributed by atoms with Gasteiger partial charge in [-0.1, -0.05) is 12.2 Å². The molecule has 2 rings (SSSR count). The average Bonchev–Trinajstić information content (AvgIpc) is 2.72. The van der Waals surface area contributed by atoms with Gasteiger partial charge in [0.2, 0.25) is 0 Å². The lowest BCUT2D eigenvalue weighted by molar-refractivity contribution is 0.499. The van der Waals surface area contributed by atoms with Crippen LogP contribution in [0.25, 0.3) is 0 Å². The average molecular weight is 310 g/mol. The number of halogens is 2. The van der Waals surface area contributed by atoms with E-state index >= 15 is 0 Å². The molecule has 1 atom stereocenters. The fourth-order valence-corrected chi connectivity index (χ4v) is 2.35. The molecule has 3 nitrogen and oxygen atoms in total. The summed E-state index contributed by atoms with van der Waals surface area (Å²) in [5, 5.41) is 2.82. The Labute approximate surface area is 127 Å². The number of thiocarbonyl (C=S) groups is 1. The minimum absolute atomic E-state index is 0.0475. The van der Waals surface area contributed by atoms with Crippen LogP contribution in [-0.2, 0) is 0 Å². The lowest BCUT2D eigenvalue weighted by Crippen LogP contribution is -2.13. The van der Waals surface area contributed by atoms with Crippen molar-refractivity contribution >= 4 is 22.9 Å². The number of aryl methyl sites for hydroxylation is 2. The number of nitrogens with one attached hydrogen (secondary N) is 1.